The van der Waals surface area contributed by atoms with E-state index in [4.69, 9.17) is 4.98 Å². The Kier molecular flexibility index (Phi) is 4.26. The van der Waals surface area contributed by atoms with Crippen molar-refractivity contribution >= 4 is 11.5 Å². The summed E-state index contributed by atoms with van der Waals surface area (Å²) in [6.45, 7) is 4.34. The Hall–Kier alpha value is -2.95. The first-order chi connectivity index (χ1) is 14.1. The van der Waals surface area contributed by atoms with Crippen LogP contribution in [0.15, 0.2) is 54.9 Å². The van der Waals surface area contributed by atoms with Crippen molar-refractivity contribution in [2.75, 3.05) is 5.32 Å². The molecule has 0 unspecified atom stereocenters. The van der Waals surface area contributed by atoms with Crippen LogP contribution in [0.2, 0.25) is 0 Å². The van der Waals surface area contributed by atoms with Gasteiger partial charge in [-0.15, -0.1) is 0 Å². The standard InChI is InChI=1S/C24H26N4O/c1-16(2)22-26-15-20-24(27-19-9-6-14-25-23(19)28(20)22)12-10-18(11-13-24)21(29)17-7-4-3-5-8-17/h3-9,14-16,18,27H,10-13H2,1-2H3. The number of Topliss-reactive ketones (excluding diaryl/α,β-unsaturated/α-hetero) is 1. The maximum absolute atomic E-state index is 13.0. The SMILES string of the molecule is CC(C)c1ncc2n1-c1ncccc1NC21CCC(C(=O)c2ccccc2)CC1. The first kappa shape index (κ1) is 18.1. The summed E-state index contributed by atoms with van der Waals surface area (Å²) in [5, 5.41) is 3.79. The molecule has 0 bridgehead atoms. The zero-order valence-electron chi connectivity index (χ0n) is 16.9. The van der Waals surface area contributed by atoms with Crippen LogP contribution in [-0.4, -0.2) is 20.3 Å². The fourth-order valence-electron chi connectivity index (χ4n) is 4.92. The molecule has 0 atom stereocenters. The molecule has 5 rings (SSSR count). The predicted octanol–water partition coefficient (Wildman–Crippen LogP) is 5.08. The first-order valence-corrected chi connectivity index (χ1v) is 10.5. The van der Waals surface area contributed by atoms with E-state index >= 15 is 0 Å². The van der Waals surface area contributed by atoms with Gasteiger partial charge in [0.05, 0.1) is 23.1 Å². The van der Waals surface area contributed by atoms with Gasteiger partial charge >= 0.3 is 0 Å². The van der Waals surface area contributed by atoms with Gasteiger partial charge in [0.15, 0.2) is 11.6 Å². The van der Waals surface area contributed by atoms with Gasteiger partial charge < -0.3 is 5.32 Å². The molecule has 5 nitrogen and oxygen atoms in total. The molecule has 3 aromatic rings. The van der Waals surface area contributed by atoms with Crippen molar-refractivity contribution in [3.8, 4) is 5.82 Å². The van der Waals surface area contributed by atoms with E-state index in [1.54, 1.807) is 0 Å². The first-order valence-electron chi connectivity index (χ1n) is 10.5. The number of hydrogen-bond donors (Lipinski definition) is 1. The largest absolute Gasteiger partial charge is 0.371 e. The summed E-state index contributed by atoms with van der Waals surface area (Å²) in [5.41, 5.74) is 2.86. The molecule has 1 fully saturated rings. The Balaban J connectivity index is 1.48. The fraction of sp³-hybridized carbons (Fsp3) is 0.375. The van der Waals surface area contributed by atoms with Gasteiger partial charge in [-0.05, 0) is 37.8 Å². The maximum Gasteiger partial charge on any atom is 0.165 e. The van der Waals surface area contributed by atoms with Gasteiger partial charge in [-0.25, -0.2) is 9.97 Å². The zero-order valence-corrected chi connectivity index (χ0v) is 16.9. The lowest BCUT2D eigenvalue weighted by Crippen LogP contribution is -2.44. The number of hydrogen-bond acceptors (Lipinski definition) is 4. The minimum absolute atomic E-state index is 0.0843. The third kappa shape index (κ3) is 2.87. The van der Waals surface area contributed by atoms with Crippen LogP contribution < -0.4 is 5.32 Å². The molecule has 1 saturated carbocycles. The number of imidazole rings is 1. The van der Waals surface area contributed by atoms with Crippen molar-refractivity contribution in [1.82, 2.24) is 14.5 Å². The number of nitrogens with zero attached hydrogens (tertiary/aromatic N) is 3. The van der Waals surface area contributed by atoms with Crippen LogP contribution in [0.4, 0.5) is 5.69 Å². The highest BCUT2D eigenvalue weighted by Gasteiger charge is 2.45. The minimum atomic E-state index is -0.191. The summed E-state index contributed by atoms with van der Waals surface area (Å²) in [4.78, 5) is 22.4. The van der Waals surface area contributed by atoms with E-state index in [9.17, 15) is 4.79 Å². The van der Waals surface area contributed by atoms with Gasteiger partial charge in [-0.3, -0.25) is 9.36 Å². The number of benzene rings is 1. The van der Waals surface area contributed by atoms with Gasteiger partial charge in [0.25, 0.3) is 0 Å². The van der Waals surface area contributed by atoms with Crippen molar-refractivity contribution in [2.45, 2.75) is 51.0 Å². The average molecular weight is 386 g/mol. The van der Waals surface area contributed by atoms with Crippen LogP contribution >= 0.6 is 0 Å². The molecule has 148 valence electrons. The van der Waals surface area contributed by atoms with Gasteiger partial charge in [-0.2, -0.15) is 0 Å². The Bertz CT molecular complexity index is 1050. The van der Waals surface area contributed by atoms with Crippen LogP contribution in [0.3, 0.4) is 0 Å². The number of fused-ring (bicyclic) bond motifs is 4. The number of pyridine rings is 1. The van der Waals surface area contributed by atoms with E-state index < -0.39 is 0 Å². The highest BCUT2D eigenvalue weighted by atomic mass is 16.1. The number of aromatic nitrogens is 3. The molecule has 5 heteroatoms. The summed E-state index contributed by atoms with van der Waals surface area (Å²) in [6.07, 6.45) is 7.42. The van der Waals surface area contributed by atoms with Crippen LogP contribution in [0, 0.1) is 5.92 Å². The number of carbonyl (C=O) groups excluding carboxylic acids is 1. The van der Waals surface area contributed by atoms with Gasteiger partial charge in [-0.1, -0.05) is 44.2 Å². The van der Waals surface area contributed by atoms with E-state index in [2.05, 4.69) is 34.8 Å². The van der Waals surface area contributed by atoms with E-state index in [1.807, 2.05) is 48.8 Å². The van der Waals surface area contributed by atoms with E-state index in [1.165, 1.54) is 5.69 Å². The molecule has 1 N–H and O–H groups in total. The zero-order chi connectivity index (χ0) is 20.0. The smallest absolute Gasteiger partial charge is 0.165 e. The topological polar surface area (TPSA) is 59.8 Å². The number of ketones is 1. The second-order valence-electron chi connectivity index (χ2n) is 8.58. The lowest BCUT2D eigenvalue weighted by molar-refractivity contribution is 0.0864. The Morgan fingerprint density at radius 2 is 1.86 bits per heavy atom. The number of rotatable bonds is 3. The molecular weight excluding hydrogens is 360 g/mol. The number of anilines is 1. The molecule has 1 aliphatic carbocycles. The highest BCUT2D eigenvalue weighted by molar-refractivity contribution is 5.97. The van der Waals surface area contributed by atoms with Crippen molar-refractivity contribution in [2.24, 2.45) is 5.92 Å². The summed E-state index contributed by atoms with van der Waals surface area (Å²) in [7, 11) is 0. The fourth-order valence-corrected chi connectivity index (χ4v) is 4.92. The molecule has 0 radical (unpaired) electrons. The van der Waals surface area contributed by atoms with Crippen molar-refractivity contribution < 1.29 is 4.79 Å². The molecule has 0 amide bonds. The maximum atomic E-state index is 13.0. The Labute approximate surface area is 171 Å². The van der Waals surface area contributed by atoms with Crippen LogP contribution in [0.1, 0.15) is 67.3 Å². The third-order valence-corrected chi connectivity index (χ3v) is 6.44. The lowest BCUT2D eigenvalue weighted by Gasteiger charge is -2.44. The molecule has 2 aliphatic rings. The Morgan fingerprint density at radius 3 is 2.59 bits per heavy atom. The molecule has 3 heterocycles. The number of carbonyl (C=O) groups is 1. The van der Waals surface area contributed by atoms with E-state index in [0.29, 0.717) is 5.92 Å². The molecular formula is C24H26N4O. The minimum Gasteiger partial charge on any atom is -0.371 e. The van der Waals surface area contributed by atoms with Crippen molar-refractivity contribution in [3.63, 3.8) is 0 Å². The summed E-state index contributed by atoms with van der Waals surface area (Å²) in [6, 6.07) is 13.8. The van der Waals surface area contributed by atoms with E-state index in [0.717, 1.165) is 48.6 Å². The molecule has 1 spiro atoms. The summed E-state index contributed by atoms with van der Waals surface area (Å²) in [5.74, 6) is 2.64. The van der Waals surface area contributed by atoms with Crippen LogP contribution in [0.5, 0.6) is 0 Å². The monoisotopic (exact) mass is 386 g/mol. The highest BCUT2D eigenvalue weighted by Crippen LogP contribution is 2.47. The van der Waals surface area contributed by atoms with Crippen LogP contribution in [0.25, 0.3) is 5.82 Å². The molecule has 0 saturated heterocycles. The van der Waals surface area contributed by atoms with Crippen molar-refractivity contribution in [3.05, 3.63) is 71.9 Å². The van der Waals surface area contributed by atoms with Crippen molar-refractivity contribution in [1.29, 1.82) is 0 Å². The Morgan fingerprint density at radius 1 is 1.10 bits per heavy atom. The molecule has 1 aromatic carbocycles. The van der Waals surface area contributed by atoms with Gasteiger partial charge in [0.1, 0.15) is 5.82 Å². The second kappa shape index (κ2) is 6.83. The van der Waals surface area contributed by atoms with Gasteiger partial charge in [0.2, 0.25) is 0 Å². The normalized spacial score (nSPS) is 22.8. The van der Waals surface area contributed by atoms with Gasteiger partial charge in [0, 0.05) is 23.6 Å². The number of nitrogens with one attached hydrogen (secondary N) is 1. The summed E-state index contributed by atoms with van der Waals surface area (Å²) < 4.78 is 2.25. The molecule has 2 aromatic heterocycles. The van der Waals surface area contributed by atoms with E-state index in [-0.39, 0.29) is 17.2 Å². The quantitative estimate of drug-likeness (QED) is 0.637. The second-order valence-corrected chi connectivity index (χ2v) is 8.58. The third-order valence-electron chi connectivity index (χ3n) is 6.44. The average Bonchev–Trinajstić information content (AvgIpc) is 3.22. The summed E-state index contributed by atoms with van der Waals surface area (Å²) >= 11 is 0. The molecule has 29 heavy (non-hydrogen) atoms. The molecule has 1 aliphatic heterocycles. The lowest BCUT2D eigenvalue weighted by atomic mass is 9.72. The van der Waals surface area contributed by atoms with Crippen LogP contribution in [-0.2, 0) is 5.54 Å². The predicted molar refractivity (Wildman–Crippen MR) is 113 cm³/mol.